The predicted molar refractivity (Wildman–Crippen MR) is 108 cm³/mol. The van der Waals surface area contributed by atoms with E-state index in [-0.39, 0.29) is 17.7 Å². The van der Waals surface area contributed by atoms with Gasteiger partial charge in [0.25, 0.3) is 0 Å². The fraction of sp³-hybridized carbons (Fsp3) is 0.636. The molecule has 2 saturated carbocycles. The van der Waals surface area contributed by atoms with Crippen LogP contribution in [0.25, 0.3) is 0 Å². The number of carbonyl (C=O) groups excluding carboxylic acids is 2. The van der Waals surface area contributed by atoms with Gasteiger partial charge in [-0.1, -0.05) is 37.8 Å². The van der Waals surface area contributed by atoms with Gasteiger partial charge in [0.05, 0.1) is 0 Å². The van der Waals surface area contributed by atoms with Crippen molar-refractivity contribution < 1.29 is 9.59 Å². The number of carbonyl (C=O) groups is 2. The van der Waals surface area contributed by atoms with E-state index in [2.05, 4.69) is 5.32 Å². The van der Waals surface area contributed by atoms with Crippen LogP contribution in [0.4, 0.5) is 5.69 Å². The van der Waals surface area contributed by atoms with Gasteiger partial charge in [0.15, 0.2) is 0 Å². The van der Waals surface area contributed by atoms with Gasteiger partial charge in [-0.25, -0.2) is 0 Å². The SMILES string of the molecule is NCCCN(Cc1ccc(NC(=O)CCC2CCCC2)cc1)C(=O)C1CC1. The Balaban J connectivity index is 1.47. The summed E-state index contributed by atoms with van der Waals surface area (Å²) in [4.78, 5) is 26.5. The lowest BCUT2D eigenvalue weighted by Gasteiger charge is -2.23. The molecular formula is C22H33N3O2. The lowest BCUT2D eigenvalue weighted by atomic mass is 10.0. The second-order valence-corrected chi connectivity index (χ2v) is 8.11. The highest BCUT2D eigenvalue weighted by Crippen LogP contribution is 2.31. The van der Waals surface area contributed by atoms with Crippen LogP contribution in [0, 0.1) is 11.8 Å². The average Bonchev–Trinajstić information content (AvgIpc) is 3.40. The highest BCUT2D eigenvalue weighted by Gasteiger charge is 2.33. The Morgan fingerprint density at radius 1 is 1.07 bits per heavy atom. The van der Waals surface area contributed by atoms with Crippen LogP contribution in [0.2, 0.25) is 0 Å². The van der Waals surface area contributed by atoms with Gasteiger partial charge in [0.1, 0.15) is 0 Å². The van der Waals surface area contributed by atoms with Crippen LogP contribution in [0.3, 0.4) is 0 Å². The van der Waals surface area contributed by atoms with Gasteiger partial charge in [-0.05, 0) is 55.8 Å². The largest absolute Gasteiger partial charge is 0.338 e. The third kappa shape index (κ3) is 6.35. The first-order valence-electron chi connectivity index (χ1n) is 10.5. The number of hydrogen-bond donors (Lipinski definition) is 2. The maximum atomic E-state index is 12.4. The fourth-order valence-electron chi connectivity index (χ4n) is 3.91. The number of hydrogen-bond acceptors (Lipinski definition) is 3. The van der Waals surface area contributed by atoms with Crippen LogP contribution in [-0.4, -0.2) is 29.8 Å². The quantitative estimate of drug-likeness (QED) is 0.659. The van der Waals surface area contributed by atoms with Crippen LogP contribution < -0.4 is 11.1 Å². The van der Waals surface area contributed by atoms with E-state index < -0.39 is 0 Å². The van der Waals surface area contributed by atoms with E-state index in [1.165, 1.54) is 25.7 Å². The topological polar surface area (TPSA) is 75.4 Å². The molecular weight excluding hydrogens is 338 g/mol. The summed E-state index contributed by atoms with van der Waals surface area (Å²) in [5.41, 5.74) is 7.53. The minimum atomic E-state index is 0.100. The van der Waals surface area contributed by atoms with E-state index >= 15 is 0 Å². The highest BCUT2D eigenvalue weighted by molar-refractivity contribution is 5.90. The summed E-state index contributed by atoms with van der Waals surface area (Å²) >= 11 is 0. The first kappa shape index (κ1) is 19.9. The van der Waals surface area contributed by atoms with E-state index in [4.69, 9.17) is 5.73 Å². The number of nitrogens with two attached hydrogens (primary N) is 1. The summed E-state index contributed by atoms with van der Waals surface area (Å²) < 4.78 is 0. The summed E-state index contributed by atoms with van der Waals surface area (Å²) in [5, 5.41) is 3.00. The molecule has 2 aliphatic carbocycles. The average molecular weight is 372 g/mol. The van der Waals surface area contributed by atoms with Crippen molar-refractivity contribution in [1.82, 2.24) is 4.90 Å². The van der Waals surface area contributed by atoms with E-state index in [9.17, 15) is 9.59 Å². The van der Waals surface area contributed by atoms with E-state index in [1.54, 1.807) is 0 Å². The van der Waals surface area contributed by atoms with Gasteiger partial charge in [-0.15, -0.1) is 0 Å². The van der Waals surface area contributed by atoms with Crippen LogP contribution in [0.15, 0.2) is 24.3 Å². The maximum absolute atomic E-state index is 12.4. The number of benzene rings is 1. The molecule has 1 aromatic rings. The van der Waals surface area contributed by atoms with Crippen molar-refractivity contribution in [2.24, 2.45) is 17.6 Å². The fourth-order valence-corrected chi connectivity index (χ4v) is 3.91. The highest BCUT2D eigenvalue weighted by atomic mass is 16.2. The van der Waals surface area contributed by atoms with Gasteiger partial charge in [0, 0.05) is 31.1 Å². The third-order valence-electron chi connectivity index (χ3n) is 5.74. The van der Waals surface area contributed by atoms with Crippen molar-refractivity contribution in [1.29, 1.82) is 0 Å². The molecule has 2 aliphatic rings. The number of rotatable bonds is 10. The molecule has 0 bridgehead atoms. The number of nitrogens with one attached hydrogen (secondary N) is 1. The molecule has 0 spiro atoms. The zero-order valence-corrected chi connectivity index (χ0v) is 16.3. The Morgan fingerprint density at radius 3 is 2.41 bits per heavy atom. The van der Waals surface area contributed by atoms with Crippen molar-refractivity contribution in [2.75, 3.05) is 18.4 Å². The minimum Gasteiger partial charge on any atom is -0.338 e. The van der Waals surface area contributed by atoms with Crippen molar-refractivity contribution in [2.45, 2.75) is 64.3 Å². The van der Waals surface area contributed by atoms with Gasteiger partial charge in [0.2, 0.25) is 11.8 Å². The molecule has 0 aromatic heterocycles. The molecule has 1 aromatic carbocycles. The summed E-state index contributed by atoms with van der Waals surface area (Å²) in [6.45, 7) is 1.93. The smallest absolute Gasteiger partial charge is 0.225 e. The van der Waals surface area contributed by atoms with E-state index in [0.717, 1.165) is 42.9 Å². The normalized spacial score (nSPS) is 17.1. The standard InChI is InChI=1S/C22H33N3O2/c23-14-3-15-25(22(27)19-9-10-19)16-18-6-11-20(12-7-18)24-21(26)13-8-17-4-1-2-5-17/h6-7,11-12,17,19H,1-5,8-10,13-16,23H2,(H,24,26). The van der Waals surface area contributed by atoms with Crippen molar-refractivity contribution in [3.63, 3.8) is 0 Å². The second kappa shape index (κ2) is 9.88. The Bertz CT molecular complexity index is 619. The lowest BCUT2D eigenvalue weighted by Crippen LogP contribution is -2.33. The zero-order valence-electron chi connectivity index (χ0n) is 16.3. The molecule has 2 fully saturated rings. The number of amides is 2. The predicted octanol–water partition coefficient (Wildman–Crippen LogP) is 3.68. The van der Waals surface area contributed by atoms with E-state index in [0.29, 0.717) is 26.1 Å². The Morgan fingerprint density at radius 2 is 1.78 bits per heavy atom. The first-order valence-corrected chi connectivity index (χ1v) is 10.5. The molecule has 3 rings (SSSR count). The monoisotopic (exact) mass is 371 g/mol. The summed E-state index contributed by atoms with van der Waals surface area (Å²) in [6, 6.07) is 7.88. The van der Waals surface area contributed by atoms with Crippen molar-refractivity contribution in [3.05, 3.63) is 29.8 Å². The number of anilines is 1. The molecule has 148 valence electrons. The number of nitrogens with zero attached hydrogens (tertiary/aromatic N) is 1. The maximum Gasteiger partial charge on any atom is 0.225 e. The van der Waals surface area contributed by atoms with Crippen LogP contribution in [0.5, 0.6) is 0 Å². The van der Waals surface area contributed by atoms with Gasteiger partial charge in [-0.2, -0.15) is 0 Å². The molecule has 0 saturated heterocycles. The van der Waals surface area contributed by atoms with Gasteiger partial charge in [-0.3, -0.25) is 9.59 Å². The Kier molecular flexibility index (Phi) is 7.27. The molecule has 0 radical (unpaired) electrons. The molecule has 0 heterocycles. The molecule has 0 atom stereocenters. The molecule has 5 heteroatoms. The molecule has 27 heavy (non-hydrogen) atoms. The van der Waals surface area contributed by atoms with Crippen molar-refractivity contribution >= 4 is 17.5 Å². The van der Waals surface area contributed by atoms with Crippen LogP contribution in [-0.2, 0) is 16.1 Å². The van der Waals surface area contributed by atoms with Gasteiger partial charge >= 0.3 is 0 Å². The Hall–Kier alpha value is -1.88. The van der Waals surface area contributed by atoms with E-state index in [1.807, 2.05) is 29.2 Å². The Labute approximate surface area is 162 Å². The van der Waals surface area contributed by atoms with Crippen LogP contribution in [0.1, 0.15) is 63.4 Å². The summed E-state index contributed by atoms with van der Waals surface area (Å²) in [5.74, 6) is 1.32. The lowest BCUT2D eigenvalue weighted by molar-refractivity contribution is -0.133. The third-order valence-corrected chi connectivity index (χ3v) is 5.74. The molecule has 5 nitrogen and oxygen atoms in total. The minimum absolute atomic E-state index is 0.100. The van der Waals surface area contributed by atoms with Gasteiger partial charge < -0.3 is 16.0 Å². The zero-order chi connectivity index (χ0) is 19.1. The van der Waals surface area contributed by atoms with Crippen LogP contribution >= 0.6 is 0 Å². The second-order valence-electron chi connectivity index (χ2n) is 8.11. The molecule has 2 amide bonds. The molecule has 0 aliphatic heterocycles. The first-order chi connectivity index (χ1) is 13.2. The van der Waals surface area contributed by atoms with Crippen molar-refractivity contribution in [3.8, 4) is 0 Å². The molecule has 3 N–H and O–H groups in total. The molecule has 0 unspecified atom stereocenters. The summed E-state index contributed by atoms with van der Waals surface area (Å²) in [7, 11) is 0. The summed E-state index contributed by atoms with van der Waals surface area (Å²) in [6.07, 6.45) is 9.67.